The van der Waals surface area contributed by atoms with Gasteiger partial charge in [0.05, 0.1) is 8.45 Å². The van der Waals surface area contributed by atoms with Crippen LogP contribution >= 0.6 is 33.9 Å². The van der Waals surface area contributed by atoms with Crippen LogP contribution in [0.4, 0.5) is 0 Å². The van der Waals surface area contributed by atoms with Crippen molar-refractivity contribution in [2.45, 2.75) is 13.3 Å². The zero-order chi connectivity index (χ0) is 12.3. The van der Waals surface area contributed by atoms with E-state index in [0.717, 1.165) is 28.1 Å². The van der Waals surface area contributed by atoms with Gasteiger partial charge in [-0.25, -0.2) is 0 Å². The molecule has 1 saturated heterocycles. The molecule has 3 nitrogen and oxygen atoms in total. The molecular formula is C12H17IN2OS. The molecule has 0 bridgehead atoms. The summed E-state index contributed by atoms with van der Waals surface area (Å²) < 4.78 is 1.16. The standard InChI is InChI=1S/C12H17IN2OS/c1-2-15-4-3-9(7-15)6-14-12(16)10-5-11(13)17-8-10/h5,8-9H,2-4,6-7H2,1H3,(H,14,16). The number of hydrogen-bond acceptors (Lipinski definition) is 3. The van der Waals surface area contributed by atoms with Crippen molar-refractivity contribution in [3.05, 3.63) is 19.9 Å². The van der Waals surface area contributed by atoms with Gasteiger partial charge in [-0.2, -0.15) is 0 Å². The smallest absolute Gasteiger partial charge is 0.252 e. The Bertz CT molecular complexity index is 394. The van der Waals surface area contributed by atoms with Gasteiger partial charge in [0.25, 0.3) is 5.91 Å². The van der Waals surface area contributed by atoms with Gasteiger partial charge in [-0.1, -0.05) is 6.92 Å². The van der Waals surface area contributed by atoms with E-state index < -0.39 is 0 Å². The highest BCUT2D eigenvalue weighted by Crippen LogP contribution is 2.17. The number of hydrogen-bond donors (Lipinski definition) is 1. The van der Waals surface area contributed by atoms with Gasteiger partial charge in [0.1, 0.15) is 0 Å². The van der Waals surface area contributed by atoms with Crippen LogP contribution in [0.15, 0.2) is 11.4 Å². The van der Waals surface area contributed by atoms with Crippen LogP contribution in [0.3, 0.4) is 0 Å². The molecule has 1 amide bonds. The largest absolute Gasteiger partial charge is 0.352 e. The highest BCUT2D eigenvalue weighted by atomic mass is 127. The van der Waals surface area contributed by atoms with E-state index in [2.05, 4.69) is 39.7 Å². The van der Waals surface area contributed by atoms with Crippen molar-refractivity contribution in [2.24, 2.45) is 5.92 Å². The fraction of sp³-hybridized carbons (Fsp3) is 0.583. The van der Waals surface area contributed by atoms with E-state index in [0.29, 0.717) is 5.92 Å². The summed E-state index contributed by atoms with van der Waals surface area (Å²) in [6.07, 6.45) is 1.20. The number of nitrogens with one attached hydrogen (secondary N) is 1. The fourth-order valence-corrected chi connectivity index (χ4v) is 3.46. The first kappa shape index (κ1) is 13.3. The predicted molar refractivity (Wildman–Crippen MR) is 79.6 cm³/mol. The molecule has 2 rings (SSSR count). The molecule has 1 N–H and O–H groups in total. The summed E-state index contributed by atoms with van der Waals surface area (Å²) in [5.41, 5.74) is 0.796. The van der Waals surface area contributed by atoms with E-state index in [1.165, 1.54) is 13.0 Å². The number of amides is 1. The molecular weight excluding hydrogens is 347 g/mol. The lowest BCUT2D eigenvalue weighted by atomic mass is 10.1. The first-order chi connectivity index (χ1) is 8.19. The quantitative estimate of drug-likeness (QED) is 0.833. The number of thiophene rings is 1. The summed E-state index contributed by atoms with van der Waals surface area (Å²) in [5.74, 6) is 0.690. The Morgan fingerprint density at radius 3 is 3.12 bits per heavy atom. The molecule has 1 aromatic heterocycles. The summed E-state index contributed by atoms with van der Waals surface area (Å²) >= 11 is 3.85. The predicted octanol–water partition coefficient (Wildman–Crippen LogP) is 2.42. The Labute approximate surface area is 120 Å². The molecule has 1 aliphatic heterocycles. The highest BCUT2D eigenvalue weighted by molar-refractivity contribution is 14.1. The average molecular weight is 364 g/mol. The molecule has 0 radical (unpaired) electrons. The number of rotatable bonds is 4. The van der Waals surface area contributed by atoms with Crippen molar-refractivity contribution < 1.29 is 4.79 Å². The van der Waals surface area contributed by atoms with Crippen LogP contribution in [-0.2, 0) is 0 Å². The second-order valence-electron chi connectivity index (χ2n) is 4.40. The van der Waals surface area contributed by atoms with Crippen LogP contribution in [0.1, 0.15) is 23.7 Å². The van der Waals surface area contributed by atoms with Gasteiger partial charge in [0.15, 0.2) is 0 Å². The Kier molecular flexibility index (Phi) is 4.81. The first-order valence-corrected chi connectivity index (χ1v) is 7.89. The lowest BCUT2D eigenvalue weighted by Crippen LogP contribution is -2.30. The van der Waals surface area contributed by atoms with E-state index >= 15 is 0 Å². The number of halogens is 1. The normalized spacial score (nSPS) is 20.7. The van der Waals surface area contributed by atoms with E-state index in [1.54, 1.807) is 11.3 Å². The molecule has 0 spiro atoms. The molecule has 94 valence electrons. The lowest BCUT2D eigenvalue weighted by molar-refractivity contribution is 0.0948. The molecule has 5 heteroatoms. The minimum atomic E-state index is 0.0686. The SMILES string of the molecule is CCN1CCC(CNC(=O)c2csc(I)c2)C1. The van der Waals surface area contributed by atoms with Crippen LogP contribution in [0, 0.1) is 8.80 Å². The molecule has 1 aliphatic rings. The second kappa shape index (κ2) is 6.15. The fourth-order valence-electron chi connectivity index (χ4n) is 2.13. The number of carbonyl (C=O) groups is 1. The van der Waals surface area contributed by atoms with Crippen LogP contribution in [0.5, 0.6) is 0 Å². The van der Waals surface area contributed by atoms with Crippen molar-refractivity contribution in [3.8, 4) is 0 Å². The molecule has 0 saturated carbocycles. The minimum absolute atomic E-state index is 0.0686. The lowest BCUT2D eigenvalue weighted by Gasteiger charge is -2.13. The van der Waals surface area contributed by atoms with Crippen molar-refractivity contribution in [1.82, 2.24) is 10.2 Å². The van der Waals surface area contributed by atoms with Crippen LogP contribution in [-0.4, -0.2) is 37.0 Å². The molecule has 1 unspecified atom stereocenters. The Hall–Kier alpha value is -0.140. The van der Waals surface area contributed by atoms with Gasteiger partial charge in [0, 0.05) is 18.5 Å². The van der Waals surface area contributed by atoms with Crippen molar-refractivity contribution in [1.29, 1.82) is 0 Å². The zero-order valence-electron chi connectivity index (χ0n) is 9.91. The van der Waals surface area contributed by atoms with Gasteiger partial charge in [-0.15, -0.1) is 11.3 Å². The topological polar surface area (TPSA) is 32.3 Å². The Balaban J connectivity index is 1.77. The summed E-state index contributed by atoms with van der Waals surface area (Å²) in [5, 5.41) is 4.96. The highest BCUT2D eigenvalue weighted by Gasteiger charge is 2.21. The zero-order valence-corrected chi connectivity index (χ0v) is 12.9. The third kappa shape index (κ3) is 3.66. The van der Waals surface area contributed by atoms with Crippen molar-refractivity contribution in [3.63, 3.8) is 0 Å². The molecule has 17 heavy (non-hydrogen) atoms. The average Bonchev–Trinajstić information content (AvgIpc) is 2.94. The summed E-state index contributed by atoms with van der Waals surface area (Å²) in [6, 6.07) is 1.94. The first-order valence-electron chi connectivity index (χ1n) is 5.93. The summed E-state index contributed by atoms with van der Waals surface area (Å²) in [4.78, 5) is 14.3. The molecule has 0 aromatic carbocycles. The maximum Gasteiger partial charge on any atom is 0.252 e. The van der Waals surface area contributed by atoms with E-state index in [-0.39, 0.29) is 5.91 Å². The van der Waals surface area contributed by atoms with Crippen LogP contribution in [0.25, 0.3) is 0 Å². The maximum absolute atomic E-state index is 11.8. The van der Waals surface area contributed by atoms with Gasteiger partial charge in [-0.05, 0) is 54.1 Å². The number of carbonyl (C=O) groups excluding carboxylic acids is 1. The Morgan fingerprint density at radius 2 is 2.53 bits per heavy atom. The molecule has 1 atom stereocenters. The maximum atomic E-state index is 11.8. The number of nitrogens with zero attached hydrogens (tertiary/aromatic N) is 1. The van der Waals surface area contributed by atoms with Gasteiger partial charge in [-0.3, -0.25) is 4.79 Å². The third-order valence-corrected chi connectivity index (χ3v) is 4.99. The monoisotopic (exact) mass is 364 g/mol. The summed E-state index contributed by atoms with van der Waals surface area (Å²) in [6.45, 7) is 6.41. The molecule has 1 fully saturated rings. The van der Waals surface area contributed by atoms with E-state index in [4.69, 9.17) is 0 Å². The molecule has 2 heterocycles. The van der Waals surface area contributed by atoms with Gasteiger partial charge >= 0.3 is 0 Å². The van der Waals surface area contributed by atoms with Crippen LogP contribution < -0.4 is 5.32 Å². The van der Waals surface area contributed by atoms with E-state index in [9.17, 15) is 4.79 Å². The minimum Gasteiger partial charge on any atom is -0.352 e. The number of likely N-dealkylation sites (tertiary alicyclic amines) is 1. The molecule has 0 aliphatic carbocycles. The summed E-state index contributed by atoms with van der Waals surface area (Å²) in [7, 11) is 0. The molecule has 1 aromatic rings. The van der Waals surface area contributed by atoms with Gasteiger partial charge < -0.3 is 10.2 Å². The third-order valence-electron chi connectivity index (χ3n) is 3.20. The van der Waals surface area contributed by atoms with Gasteiger partial charge in [0.2, 0.25) is 0 Å². The Morgan fingerprint density at radius 1 is 1.71 bits per heavy atom. The van der Waals surface area contributed by atoms with E-state index in [1.807, 2.05) is 11.4 Å². The van der Waals surface area contributed by atoms with Crippen LogP contribution in [0.2, 0.25) is 0 Å². The van der Waals surface area contributed by atoms with Crippen molar-refractivity contribution >= 4 is 39.8 Å². The second-order valence-corrected chi connectivity index (χ2v) is 7.20. The van der Waals surface area contributed by atoms with Crippen molar-refractivity contribution in [2.75, 3.05) is 26.2 Å².